The molecule has 6 bridgehead atoms. The van der Waals surface area contributed by atoms with Gasteiger partial charge in [0.1, 0.15) is 42.5 Å². The van der Waals surface area contributed by atoms with Gasteiger partial charge in [0.05, 0.1) is 73.2 Å². The molecule has 116 heavy (non-hydrogen) atoms. The number of aryl methyl sites for hydroxylation is 1. The number of rotatable bonds is 13. The fourth-order valence-electron chi connectivity index (χ4n) is 20.2. The normalized spacial score (nSPS) is 30.7. The number of benzene rings is 6. The summed E-state index contributed by atoms with van der Waals surface area (Å²) < 4.78 is 66.2. The number of nitrogens with zero attached hydrogens (tertiary/aromatic N) is 2. The van der Waals surface area contributed by atoms with Gasteiger partial charge in [-0.2, -0.15) is 0 Å². The van der Waals surface area contributed by atoms with Crippen molar-refractivity contribution in [1.82, 2.24) is 20.4 Å². The van der Waals surface area contributed by atoms with E-state index in [1.54, 1.807) is 105 Å². The zero-order chi connectivity index (χ0) is 82.9. The van der Waals surface area contributed by atoms with Gasteiger partial charge in [-0.05, 0) is 123 Å². The molecule has 8 aliphatic heterocycles. The summed E-state index contributed by atoms with van der Waals surface area (Å²) in [6.07, 6.45) is -10.5. The molecule has 3 aliphatic carbocycles. The molecule has 6 aromatic rings. The summed E-state index contributed by atoms with van der Waals surface area (Å²) in [7, 11) is 4.96. The number of phenolic OH excluding ortho intramolecular Hbond substituents is 2. The molecular formula is C86H94N4O25S. The fraction of sp³-hybridized carbons (Fsp3) is 0.465. The molecule has 0 radical (unpaired) electrons. The van der Waals surface area contributed by atoms with Gasteiger partial charge >= 0.3 is 35.8 Å². The molecule has 8 N–H and O–H groups in total. The number of Topliss-reactive ketones (excluding diaryl/α,β-unsaturated/α-hetero) is 1. The van der Waals surface area contributed by atoms with Gasteiger partial charge in [0, 0.05) is 85.2 Å². The number of piperazine rings is 1. The zero-order valence-electron chi connectivity index (χ0n) is 66.1. The Kier molecular flexibility index (Phi) is 21.2. The Bertz CT molecular complexity index is 5030. The number of hydrogen-bond donors (Lipinski definition) is 8. The van der Waals surface area contributed by atoms with E-state index in [1.807, 2.05) is 31.9 Å². The van der Waals surface area contributed by atoms with Crippen molar-refractivity contribution in [2.45, 2.75) is 183 Å². The summed E-state index contributed by atoms with van der Waals surface area (Å²) in [4.78, 5) is 115. The molecule has 18 atom stereocenters. The Morgan fingerprint density at radius 2 is 1.44 bits per heavy atom. The van der Waals surface area contributed by atoms with Crippen molar-refractivity contribution in [3.8, 4) is 40.2 Å². The van der Waals surface area contributed by atoms with Crippen LogP contribution in [-0.2, 0) is 75.6 Å². The minimum atomic E-state index is -2.39. The lowest BCUT2D eigenvalue weighted by molar-refractivity contribution is -0.346. The van der Waals surface area contributed by atoms with Gasteiger partial charge in [-0.3, -0.25) is 39.1 Å². The number of nitrogens with one attached hydrogen (secondary N) is 2. The van der Waals surface area contributed by atoms with Crippen molar-refractivity contribution in [1.29, 1.82) is 0 Å². The highest BCUT2D eigenvalue weighted by Gasteiger charge is 2.79. The van der Waals surface area contributed by atoms with Crippen LogP contribution in [0.25, 0.3) is 0 Å². The molecule has 0 unspecified atom stereocenters. The van der Waals surface area contributed by atoms with Crippen LogP contribution in [-0.4, -0.2) is 208 Å². The molecule has 6 aromatic carbocycles. The van der Waals surface area contributed by atoms with Crippen LogP contribution in [0, 0.1) is 30.6 Å². The van der Waals surface area contributed by atoms with Crippen LogP contribution >= 0.6 is 11.8 Å². The lowest BCUT2D eigenvalue weighted by atomic mass is 9.44. The lowest BCUT2D eigenvalue weighted by Gasteiger charge is -2.67. The van der Waals surface area contributed by atoms with Gasteiger partial charge in [0.2, 0.25) is 6.79 Å². The molecular weight excluding hydrogens is 1520 g/mol. The smallest absolute Gasteiger partial charge is 0.338 e. The van der Waals surface area contributed by atoms with Crippen LogP contribution in [0.1, 0.15) is 155 Å². The maximum Gasteiger partial charge on any atom is 0.338 e. The number of aromatic hydroxyl groups is 2. The molecule has 30 heteroatoms. The predicted molar refractivity (Wildman–Crippen MR) is 412 cm³/mol. The Balaban J connectivity index is 0.000000184. The first-order chi connectivity index (χ1) is 55.2. The molecule has 1 spiro atoms. The van der Waals surface area contributed by atoms with Gasteiger partial charge < -0.3 is 88.1 Å². The van der Waals surface area contributed by atoms with Crippen LogP contribution in [0.4, 0.5) is 0 Å². The standard InChI is InChI=1S/C47H51NO14.C39H43N3O11S/c1-25-31(60-43(56)36(52)35(28-16-10-7-11-17-28)48-41(54)29-18-12-8-13-19-29)23-47(57)40(61-42(55)30-20-14-9-15-21-30)38-45(6,32(51)22-33-46(38,24-58-33)62-27(3)50)39(53)37(59-26(2)49)34(25)44(47,4)5;1-16-9-20-10-22-37(46)42-23-13-50-38(47)39(21-12-25(48-5)24(44)11-19(21)7-8-40-39)14-54-36(30(42)29(41(22)4)26(20)31(45)32(16)49-6)28-27(23)35-34(51-15-52-35)17(2)33(28)53-18(3)43/h7-21,31-33,35-38,40,51-52,57H,22-24H2,1-6H3,(H,48,54);9,11-12,22-23,29-30,36-37,40,44-46H,7-8,10,13-15H2,1-6H3/t31-,32-,33+,35-,36+,37+,38-,40-,45+,46-,47+;22-,23-,29+,30+,36-,37-,39+/m00/s1. The van der Waals surface area contributed by atoms with Crippen molar-refractivity contribution < 1.29 is 121 Å². The number of carbonyl (C=O) groups is 8. The number of ketones is 1. The first-order valence-electron chi connectivity index (χ1n) is 38.5. The average molecular weight is 1620 g/mol. The van der Waals surface area contributed by atoms with E-state index < -0.39 is 160 Å². The summed E-state index contributed by atoms with van der Waals surface area (Å²) >= 11 is 1.47. The Morgan fingerprint density at radius 1 is 0.767 bits per heavy atom. The Labute approximate surface area is 672 Å². The third-order valence-corrected chi connectivity index (χ3v) is 27.2. The highest BCUT2D eigenvalue weighted by atomic mass is 32.2. The van der Waals surface area contributed by atoms with E-state index in [4.69, 9.17) is 52.1 Å². The van der Waals surface area contributed by atoms with Crippen LogP contribution < -0.4 is 34.3 Å². The van der Waals surface area contributed by atoms with E-state index in [0.29, 0.717) is 75.8 Å². The third-order valence-electron chi connectivity index (χ3n) is 25.7. The first-order valence-corrected chi connectivity index (χ1v) is 39.6. The topological polar surface area (TPSA) is 390 Å². The van der Waals surface area contributed by atoms with Gasteiger partial charge in [0.15, 0.2) is 63.6 Å². The molecule has 11 aliphatic rings. The number of phenols is 2. The van der Waals surface area contributed by atoms with Gasteiger partial charge in [-0.15, -0.1) is 11.8 Å². The second-order valence-corrected chi connectivity index (χ2v) is 33.4. The van der Waals surface area contributed by atoms with Crippen molar-refractivity contribution >= 4 is 59.3 Å². The average Bonchev–Trinajstić information content (AvgIpc) is 0.867. The van der Waals surface area contributed by atoms with Crippen LogP contribution in [0.15, 0.2) is 120 Å². The van der Waals surface area contributed by atoms with Crippen molar-refractivity contribution in [2.24, 2.45) is 16.7 Å². The number of carbonyl (C=O) groups excluding carboxylic acids is 8. The van der Waals surface area contributed by atoms with Crippen LogP contribution in [0.3, 0.4) is 0 Å². The summed E-state index contributed by atoms with van der Waals surface area (Å²) in [6.45, 7) is 13.2. The van der Waals surface area contributed by atoms with Crippen molar-refractivity contribution in [3.63, 3.8) is 0 Å². The van der Waals surface area contributed by atoms with E-state index >= 15 is 4.79 Å². The maximum atomic E-state index is 15.5. The molecule has 2 saturated carbocycles. The fourth-order valence-corrected chi connectivity index (χ4v) is 21.9. The second-order valence-electron chi connectivity index (χ2n) is 32.3. The minimum Gasteiger partial charge on any atom is -0.504 e. The van der Waals surface area contributed by atoms with E-state index in [0.717, 1.165) is 30.5 Å². The Morgan fingerprint density at radius 3 is 2.08 bits per heavy atom. The number of hydrogen-bond acceptors (Lipinski definition) is 29. The molecule has 614 valence electrons. The number of aliphatic hydroxyl groups excluding tert-OH is 3. The maximum absolute atomic E-state index is 15.5. The van der Waals surface area contributed by atoms with Gasteiger partial charge in [-0.25, -0.2) is 14.4 Å². The number of esters is 6. The Hall–Kier alpha value is -10.1. The molecule has 29 nitrogen and oxygen atoms in total. The zero-order valence-corrected chi connectivity index (χ0v) is 66.9. The summed E-state index contributed by atoms with van der Waals surface area (Å²) in [6, 6.07) is 26.1. The monoisotopic (exact) mass is 1610 g/mol. The quantitative estimate of drug-likeness (QED) is 0.0246. The number of ether oxygens (including phenoxy) is 11. The van der Waals surface area contributed by atoms with E-state index in [2.05, 4.69) is 15.5 Å². The third kappa shape index (κ3) is 12.8. The number of thioether (sulfide) groups is 1. The predicted octanol–water partition coefficient (Wildman–Crippen LogP) is 7.15. The SMILES string of the molecule is CC(=O)O[C@H]1C(=O)[C@@]2(C)[C@H]([C@H](OC(=O)c3ccccc3)[C@]3(O)C[C@H](OC(=O)[C@H](O)[C@@H](NC(=O)c4ccccc4)c4ccccc4)C(C)=C1C3(C)C)[C@]1(OC(C)=O)CO[C@@H]1C[C@@H]2O.COc1cc2c(cc1O)CCN[C@]21CS[C@H]2c3c(OC(C)=O)c(C)c4c(c3[C@H](COC1=O)N1[C@@H]2[C@H]2c3c(cc(C)c(OC)c3O)C[C@@H]([C@@H]1O)N2C)OCO4. The number of aliphatic hydroxyl groups is 4. The lowest BCUT2D eigenvalue weighted by Crippen LogP contribution is -2.82. The van der Waals surface area contributed by atoms with Crippen LogP contribution in [0.2, 0.25) is 0 Å². The summed E-state index contributed by atoms with van der Waals surface area (Å²) in [5.41, 5.74) is -2.66. The van der Waals surface area contributed by atoms with E-state index in [-0.39, 0.29) is 77.7 Å². The summed E-state index contributed by atoms with van der Waals surface area (Å²) in [5, 5.41) is 78.4. The van der Waals surface area contributed by atoms with Crippen molar-refractivity contribution in [2.75, 3.05) is 53.6 Å². The molecule has 1 amide bonds. The highest BCUT2D eigenvalue weighted by molar-refractivity contribution is 7.99. The van der Waals surface area contributed by atoms with E-state index in [1.165, 1.54) is 58.9 Å². The number of methoxy groups -OCH3 is 2. The molecule has 5 fully saturated rings. The van der Waals surface area contributed by atoms with Gasteiger partial charge in [0.25, 0.3) is 5.91 Å². The largest absolute Gasteiger partial charge is 0.504 e. The van der Waals surface area contributed by atoms with E-state index in [9.17, 15) is 64.2 Å². The number of likely N-dealkylation sites (N-methyl/N-ethyl adjacent to an activating group) is 1. The molecule has 0 aromatic heterocycles. The highest BCUT2D eigenvalue weighted by Crippen LogP contribution is 2.67. The molecule has 8 heterocycles. The van der Waals surface area contributed by atoms with Crippen LogP contribution in [0.5, 0.6) is 40.2 Å². The molecule has 17 rings (SSSR count). The number of fused-ring (bicyclic) bond motifs is 14. The second kappa shape index (κ2) is 30.4. The van der Waals surface area contributed by atoms with Crippen molar-refractivity contribution in [3.05, 3.63) is 182 Å². The first kappa shape index (κ1) is 81.0. The molecule has 3 saturated heterocycles. The van der Waals surface area contributed by atoms with Gasteiger partial charge in [-0.1, -0.05) is 86.6 Å². The number of amides is 1. The summed E-state index contributed by atoms with van der Waals surface area (Å²) in [5.74, 6) is -5.89. The minimum absolute atomic E-state index is 0.00289.